The van der Waals surface area contributed by atoms with Gasteiger partial charge in [0.05, 0.1) is 0 Å². The smallest absolute Gasteiger partial charge is 0.128 e. The van der Waals surface area contributed by atoms with Crippen molar-refractivity contribution in [2.45, 2.75) is 52.4 Å². The van der Waals surface area contributed by atoms with Gasteiger partial charge >= 0.3 is 0 Å². The summed E-state index contributed by atoms with van der Waals surface area (Å²) < 4.78 is 11.9. The summed E-state index contributed by atoms with van der Waals surface area (Å²) in [5.41, 5.74) is 7.03. The number of ether oxygens (including phenoxy) is 2. The molecule has 1 aromatic rings. The Morgan fingerprint density at radius 3 is 1.62 bits per heavy atom. The molecular formula is C24H30O2. The second kappa shape index (κ2) is 8.44. The molecule has 0 aromatic heterocycles. The fourth-order valence-corrected chi connectivity index (χ4v) is 3.59. The van der Waals surface area contributed by atoms with Crippen LogP contribution in [0.5, 0.6) is 11.5 Å². The zero-order valence-corrected chi connectivity index (χ0v) is 16.2. The molecule has 2 heteroatoms. The molecule has 2 aliphatic heterocycles. The van der Waals surface area contributed by atoms with Crippen molar-refractivity contribution >= 4 is 11.1 Å². The van der Waals surface area contributed by atoms with Gasteiger partial charge in [0, 0.05) is 11.1 Å². The molecule has 0 aliphatic carbocycles. The molecule has 0 amide bonds. The van der Waals surface area contributed by atoms with Crippen LogP contribution in [0.25, 0.3) is 11.1 Å². The summed E-state index contributed by atoms with van der Waals surface area (Å²) in [4.78, 5) is 0. The molecule has 2 aliphatic rings. The maximum absolute atomic E-state index is 5.95. The third-order valence-electron chi connectivity index (χ3n) is 5.14. The highest BCUT2D eigenvalue weighted by Gasteiger charge is 2.23. The topological polar surface area (TPSA) is 18.5 Å². The number of fused-ring (bicyclic) bond motifs is 2. The van der Waals surface area contributed by atoms with Crippen LogP contribution in [0.3, 0.4) is 0 Å². The summed E-state index contributed by atoms with van der Waals surface area (Å²) in [5, 5.41) is 0. The first-order valence-electron chi connectivity index (χ1n) is 9.86. The van der Waals surface area contributed by atoms with Gasteiger partial charge in [0.25, 0.3) is 0 Å². The van der Waals surface area contributed by atoms with Crippen LogP contribution in [0.2, 0.25) is 0 Å². The maximum Gasteiger partial charge on any atom is 0.128 e. The van der Waals surface area contributed by atoms with Crippen LogP contribution in [-0.4, -0.2) is 13.2 Å². The van der Waals surface area contributed by atoms with Crippen molar-refractivity contribution in [1.29, 1.82) is 0 Å². The van der Waals surface area contributed by atoms with Crippen molar-refractivity contribution in [2.75, 3.05) is 13.2 Å². The average molecular weight is 351 g/mol. The highest BCUT2D eigenvalue weighted by Crippen LogP contribution is 2.44. The SMILES string of the molecule is C=C(CCCC)C1=CCOc2cc3c(cc21)OCC=C3C(=C)CCCC. The standard InChI is InChI=1S/C24H30O2/c1-5-7-9-17(3)19-11-13-25-23-16-22-20(18(4)10-8-6-2)12-14-26-24(22)15-21(19)23/h11-12,15-16H,3-10,13-14H2,1-2H3. The van der Waals surface area contributed by atoms with Crippen LogP contribution in [0.1, 0.15) is 63.5 Å². The van der Waals surface area contributed by atoms with Crippen molar-refractivity contribution in [3.05, 3.63) is 59.7 Å². The minimum atomic E-state index is 0.600. The lowest BCUT2D eigenvalue weighted by Gasteiger charge is -2.26. The Balaban J connectivity index is 1.92. The molecule has 0 saturated carbocycles. The van der Waals surface area contributed by atoms with E-state index in [2.05, 4.69) is 51.3 Å². The quantitative estimate of drug-likeness (QED) is 0.517. The fourth-order valence-electron chi connectivity index (χ4n) is 3.59. The highest BCUT2D eigenvalue weighted by atomic mass is 16.5. The summed E-state index contributed by atoms with van der Waals surface area (Å²) >= 11 is 0. The van der Waals surface area contributed by atoms with E-state index in [1.165, 1.54) is 35.1 Å². The van der Waals surface area contributed by atoms with Gasteiger partial charge in [-0.15, -0.1) is 0 Å². The minimum absolute atomic E-state index is 0.600. The largest absolute Gasteiger partial charge is 0.489 e. The Hall–Kier alpha value is -2.22. The van der Waals surface area contributed by atoms with E-state index in [0.717, 1.165) is 48.3 Å². The molecular weight excluding hydrogens is 320 g/mol. The summed E-state index contributed by atoms with van der Waals surface area (Å²) in [6.45, 7) is 14.3. The van der Waals surface area contributed by atoms with E-state index >= 15 is 0 Å². The Bertz CT molecular complexity index is 699. The Morgan fingerprint density at radius 2 is 1.23 bits per heavy atom. The van der Waals surface area contributed by atoms with Crippen LogP contribution in [0.15, 0.2) is 48.6 Å². The molecule has 0 bridgehead atoms. The van der Waals surface area contributed by atoms with E-state index in [1.807, 2.05) is 0 Å². The number of hydrogen-bond acceptors (Lipinski definition) is 2. The zero-order chi connectivity index (χ0) is 18.5. The van der Waals surface area contributed by atoms with Crippen molar-refractivity contribution in [1.82, 2.24) is 0 Å². The van der Waals surface area contributed by atoms with E-state index in [9.17, 15) is 0 Å². The minimum Gasteiger partial charge on any atom is -0.489 e. The van der Waals surface area contributed by atoms with Gasteiger partial charge in [-0.3, -0.25) is 0 Å². The number of rotatable bonds is 8. The summed E-state index contributed by atoms with van der Waals surface area (Å²) in [7, 11) is 0. The number of unbranched alkanes of at least 4 members (excludes halogenated alkanes) is 2. The van der Waals surface area contributed by atoms with E-state index in [0.29, 0.717) is 13.2 Å². The molecule has 0 saturated heterocycles. The first-order chi connectivity index (χ1) is 12.7. The lowest BCUT2D eigenvalue weighted by atomic mass is 9.88. The normalized spacial score (nSPS) is 15.0. The molecule has 2 heterocycles. The third-order valence-corrected chi connectivity index (χ3v) is 5.14. The molecule has 0 atom stereocenters. The molecule has 3 rings (SSSR count). The van der Waals surface area contributed by atoms with Gasteiger partial charge in [-0.05, 0) is 72.3 Å². The Labute approximate surface area is 157 Å². The van der Waals surface area contributed by atoms with Crippen LogP contribution >= 0.6 is 0 Å². The number of hydrogen-bond donors (Lipinski definition) is 0. The lowest BCUT2D eigenvalue weighted by Crippen LogP contribution is -2.11. The van der Waals surface area contributed by atoms with Crippen molar-refractivity contribution in [3.8, 4) is 11.5 Å². The van der Waals surface area contributed by atoms with Gasteiger partial charge in [-0.25, -0.2) is 0 Å². The predicted molar refractivity (Wildman–Crippen MR) is 111 cm³/mol. The summed E-state index contributed by atoms with van der Waals surface area (Å²) in [6, 6.07) is 4.26. The molecule has 138 valence electrons. The fraction of sp³-hybridized carbons (Fsp3) is 0.417. The monoisotopic (exact) mass is 350 g/mol. The second-order valence-corrected chi connectivity index (χ2v) is 7.12. The molecule has 2 nitrogen and oxygen atoms in total. The molecule has 1 aromatic carbocycles. The Morgan fingerprint density at radius 1 is 0.808 bits per heavy atom. The highest BCUT2D eigenvalue weighted by molar-refractivity contribution is 5.89. The van der Waals surface area contributed by atoms with Crippen LogP contribution in [-0.2, 0) is 0 Å². The van der Waals surface area contributed by atoms with E-state index < -0.39 is 0 Å². The van der Waals surface area contributed by atoms with Crippen LogP contribution < -0.4 is 9.47 Å². The summed E-state index contributed by atoms with van der Waals surface area (Å²) in [5.74, 6) is 1.86. The molecule has 0 N–H and O–H groups in total. The van der Waals surface area contributed by atoms with Crippen LogP contribution in [0.4, 0.5) is 0 Å². The number of benzene rings is 1. The average Bonchev–Trinajstić information content (AvgIpc) is 2.67. The molecule has 0 radical (unpaired) electrons. The molecule has 0 fully saturated rings. The predicted octanol–water partition coefficient (Wildman–Crippen LogP) is 6.73. The second-order valence-electron chi connectivity index (χ2n) is 7.12. The molecule has 0 unspecified atom stereocenters. The first-order valence-corrected chi connectivity index (χ1v) is 9.86. The third kappa shape index (κ3) is 3.80. The van der Waals surface area contributed by atoms with Gasteiger partial charge in [0.2, 0.25) is 0 Å². The Kier molecular flexibility index (Phi) is 6.03. The van der Waals surface area contributed by atoms with E-state index in [1.54, 1.807) is 0 Å². The molecule has 0 spiro atoms. The lowest BCUT2D eigenvalue weighted by molar-refractivity contribution is 0.345. The first kappa shape index (κ1) is 18.6. The van der Waals surface area contributed by atoms with Crippen molar-refractivity contribution < 1.29 is 9.47 Å². The van der Waals surface area contributed by atoms with Crippen molar-refractivity contribution in [3.63, 3.8) is 0 Å². The van der Waals surface area contributed by atoms with Gasteiger partial charge < -0.3 is 9.47 Å². The van der Waals surface area contributed by atoms with Gasteiger partial charge in [0.15, 0.2) is 0 Å². The van der Waals surface area contributed by atoms with Crippen molar-refractivity contribution in [2.24, 2.45) is 0 Å². The molecule has 26 heavy (non-hydrogen) atoms. The van der Waals surface area contributed by atoms with Gasteiger partial charge in [0.1, 0.15) is 24.7 Å². The van der Waals surface area contributed by atoms with Gasteiger partial charge in [-0.1, -0.05) is 39.8 Å². The number of allylic oxidation sites excluding steroid dienone is 4. The zero-order valence-electron chi connectivity index (χ0n) is 16.2. The van der Waals surface area contributed by atoms with Gasteiger partial charge in [-0.2, -0.15) is 0 Å². The maximum atomic E-state index is 5.95. The summed E-state index contributed by atoms with van der Waals surface area (Å²) in [6.07, 6.45) is 11.0. The van der Waals surface area contributed by atoms with E-state index in [-0.39, 0.29) is 0 Å². The van der Waals surface area contributed by atoms with E-state index in [4.69, 9.17) is 9.47 Å². The van der Waals surface area contributed by atoms with Crippen LogP contribution in [0, 0.1) is 0 Å².